The van der Waals surface area contributed by atoms with Gasteiger partial charge in [0.2, 0.25) is 5.91 Å². The Kier molecular flexibility index (Phi) is 5.49. The molecule has 0 saturated heterocycles. The van der Waals surface area contributed by atoms with Crippen LogP contribution < -0.4 is 15.6 Å². The van der Waals surface area contributed by atoms with Gasteiger partial charge in [-0.15, -0.1) is 24.5 Å². The molecule has 0 aliphatic heterocycles. The van der Waals surface area contributed by atoms with E-state index in [9.17, 15) is 22.8 Å². The molecule has 0 saturated carbocycles. The second-order valence-corrected chi connectivity index (χ2v) is 8.73. The van der Waals surface area contributed by atoms with Crippen LogP contribution in [0.5, 0.6) is 5.75 Å². The highest BCUT2D eigenvalue weighted by Gasteiger charge is 2.31. The van der Waals surface area contributed by atoms with Crippen molar-refractivity contribution in [1.82, 2.24) is 9.55 Å². The highest BCUT2D eigenvalue weighted by Crippen LogP contribution is 2.35. The maximum absolute atomic E-state index is 12.8. The Morgan fingerprint density at radius 2 is 2.03 bits per heavy atom. The molecule has 0 radical (unpaired) electrons. The Morgan fingerprint density at radius 3 is 2.73 bits per heavy atom. The standard InChI is InChI=1S/C19H16F3N3O3S2/c1-25-17(27)15-12-3-2-4-13(12)30-16(15)24-18(25)29-9-14(26)23-10-5-7-11(8-6-10)28-19(20,21)22/h5-8H,2-4,9H2,1H3,(H,23,26). The number of carbonyl (C=O) groups excluding carboxylic acids is 1. The lowest BCUT2D eigenvalue weighted by atomic mass is 10.2. The number of hydrogen-bond donors (Lipinski definition) is 1. The molecule has 2 heterocycles. The number of fused-ring (bicyclic) bond motifs is 3. The Morgan fingerprint density at radius 1 is 1.30 bits per heavy atom. The minimum atomic E-state index is -4.77. The molecule has 6 nitrogen and oxygen atoms in total. The number of carbonyl (C=O) groups is 1. The van der Waals surface area contributed by atoms with E-state index in [2.05, 4.69) is 15.0 Å². The number of ether oxygens (including phenoxy) is 1. The molecule has 0 bridgehead atoms. The van der Waals surface area contributed by atoms with E-state index in [0.717, 1.165) is 48.7 Å². The summed E-state index contributed by atoms with van der Waals surface area (Å²) in [6.45, 7) is 0. The van der Waals surface area contributed by atoms with Crippen LogP contribution >= 0.6 is 23.1 Å². The third-order valence-electron chi connectivity index (χ3n) is 4.61. The van der Waals surface area contributed by atoms with E-state index in [-0.39, 0.29) is 23.0 Å². The van der Waals surface area contributed by atoms with Gasteiger partial charge in [-0.1, -0.05) is 11.8 Å². The number of alkyl halides is 3. The third kappa shape index (κ3) is 4.31. The van der Waals surface area contributed by atoms with Crippen LogP contribution in [-0.4, -0.2) is 27.6 Å². The summed E-state index contributed by atoms with van der Waals surface area (Å²) in [7, 11) is 1.63. The first-order chi connectivity index (χ1) is 14.2. The van der Waals surface area contributed by atoms with E-state index >= 15 is 0 Å². The van der Waals surface area contributed by atoms with Crippen LogP contribution in [0.2, 0.25) is 0 Å². The summed E-state index contributed by atoms with van der Waals surface area (Å²) >= 11 is 2.66. The number of thiophene rings is 1. The highest BCUT2D eigenvalue weighted by molar-refractivity contribution is 7.99. The van der Waals surface area contributed by atoms with Crippen LogP contribution in [0.25, 0.3) is 10.2 Å². The monoisotopic (exact) mass is 455 g/mol. The Bertz CT molecular complexity index is 1170. The van der Waals surface area contributed by atoms with Crippen molar-refractivity contribution in [3.8, 4) is 5.75 Å². The molecule has 0 spiro atoms. The van der Waals surface area contributed by atoms with E-state index in [1.165, 1.54) is 32.9 Å². The Labute approximate surface area is 177 Å². The van der Waals surface area contributed by atoms with E-state index in [1.807, 2.05) is 0 Å². The van der Waals surface area contributed by atoms with Gasteiger partial charge in [-0.2, -0.15) is 0 Å². The number of aromatic nitrogens is 2. The molecule has 1 N–H and O–H groups in total. The number of halogens is 3. The normalized spacial score (nSPS) is 13.5. The lowest BCUT2D eigenvalue weighted by Gasteiger charge is -2.10. The number of hydrogen-bond acceptors (Lipinski definition) is 6. The molecule has 158 valence electrons. The van der Waals surface area contributed by atoms with Crippen molar-refractivity contribution in [2.75, 3.05) is 11.1 Å². The summed E-state index contributed by atoms with van der Waals surface area (Å²) < 4.78 is 41.8. The lowest BCUT2D eigenvalue weighted by Crippen LogP contribution is -2.21. The van der Waals surface area contributed by atoms with Crippen LogP contribution in [-0.2, 0) is 24.7 Å². The van der Waals surface area contributed by atoms with Crippen LogP contribution in [0.15, 0.2) is 34.2 Å². The van der Waals surface area contributed by atoms with Crippen LogP contribution in [0, 0.1) is 0 Å². The molecule has 0 atom stereocenters. The van der Waals surface area contributed by atoms with E-state index in [1.54, 1.807) is 7.05 Å². The van der Waals surface area contributed by atoms with Gasteiger partial charge >= 0.3 is 6.36 Å². The van der Waals surface area contributed by atoms with Gasteiger partial charge in [0.25, 0.3) is 5.56 Å². The number of nitrogens with one attached hydrogen (secondary N) is 1. The highest BCUT2D eigenvalue weighted by atomic mass is 32.2. The number of rotatable bonds is 5. The van der Waals surface area contributed by atoms with Crippen molar-refractivity contribution in [2.45, 2.75) is 30.8 Å². The number of thioether (sulfide) groups is 1. The van der Waals surface area contributed by atoms with Gasteiger partial charge in [-0.25, -0.2) is 4.98 Å². The summed E-state index contributed by atoms with van der Waals surface area (Å²) in [6.07, 6.45) is -1.85. The zero-order valence-electron chi connectivity index (χ0n) is 15.7. The number of aryl methyl sites for hydroxylation is 2. The topological polar surface area (TPSA) is 73.2 Å². The average molecular weight is 455 g/mol. The van der Waals surface area contributed by atoms with Gasteiger partial charge in [0.15, 0.2) is 5.16 Å². The number of benzene rings is 1. The molecule has 11 heteroatoms. The predicted molar refractivity (Wildman–Crippen MR) is 109 cm³/mol. The lowest BCUT2D eigenvalue weighted by molar-refractivity contribution is -0.274. The van der Waals surface area contributed by atoms with Crippen molar-refractivity contribution >= 4 is 44.9 Å². The molecule has 30 heavy (non-hydrogen) atoms. The molecule has 2 aromatic heterocycles. The Hall–Kier alpha value is -2.53. The molecule has 0 fully saturated rings. The quantitative estimate of drug-likeness (QED) is 0.463. The number of nitrogens with zero attached hydrogens (tertiary/aromatic N) is 2. The summed E-state index contributed by atoms with van der Waals surface area (Å²) in [5.74, 6) is -0.741. The second-order valence-electron chi connectivity index (χ2n) is 6.71. The Balaban J connectivity index is 1.42. The summed E-state index contributed by atoms with van der Waals surface area (Å²) in [4.78, 5) is 31.5. The maximum Gasteiger partial charge on any atom is 0.573 e. The van der Waals surface area contributed by atoms with Crippen molar-refractivity contribution in [2.24, 2.45) is 7.05 Å². The molecular formula is C19H16F3N3O3S2. The van der Waals surface area contributed by atoms with Crippen LogP contribution in [0.3, 0.4) is 0 Å². The molecule has 1 amide bonds. The van der Waals surface area contributed by atoms with Crippen LogP contribution in [0.4, 0.5) is 18.9 Å². The molecule has 3 aromatic rings. The largest absolute Gasteiger partial charge is 0.573 e. The van der Waals surface area contributed by atoms with Crippen molar-refractivity contribution in [3.05, 3.63) is 45.1 Å². The van der Waals surface area contributed by atoms with E-state index in [4.69, 9.17) is 0 Å². The fraction of sp³-hybridized carbons (Fsp3) is 0.316. The van der Waals surface area contributed by atoms with Gasteiger partial charge in [-0.05, 0) is 49.1 Å². The fourth-order valence-electron chi connectivity index (χ4n) is 3.30. The second kappa shape index (κ2) is 7.95. The first kappa shape index (κ1) is 20.7. The molecule has 1 aromatic carbocycles. The minimum Gasteiger partial charge on any atom is -0.406 e. The summed E-state index contributed by atoms with van der Waals surface area (Å²) in [6, 6.07) is 4.87. The minimum absolute atomic E-state index is 0.00230. The fourth-order valence-corrected chi connectivity index (χ4v) is 5.38. The van der Waals surface area contributed by atoms with Gasteiger partial charge in [-0.3, -0.25) is 14.2 Å². The number of anilines is 1. The van der Waals surface area contributed by atoms with E-state index < -0.39 is 6.36 Å². The zero-order chi connectivity index (χ0) is 21.5. The average Bonchev–Trinajstić information content (AvgIpc) is 3.24. The smallest absolute Gasteiger partial charge is 0.406 e. The van der Waals surface area contributed by atoms with Gasteiger partial charge in [0, 0.05) is 17.6 Å². The number of amides is 1. The molecule has 1 aliphatic carbocycles. The van der Waals surface area contributed by atoms with Gasteiger partial charge in [0.05, 0.1) is 11.1 Å². The van der Waals surface area contributed by atoms with Crippen molar-refractivity contribution in [3.63, 3.8) is 0 Å². The first-order valence-electron chi connectivity index (χ1n) is 9.01. The van der Waals surface area contributed by atoms with Gasteiger partial charge in [0.1, 0.15) is 10.6 Å². The molecule has 1 aliphatic rings. The zero-order valence-corrected chi connectivity index (χ0v) is 17.3. The van der Waals surface area contributed by atoms with Gasteiger partial charge < -0.3 is 10.1 Å². The predicted octanol–water partition coefficient (Wildman–Crippen LogP) is 4.11. The third-order valence-corrected chi connectivity index (χ3v) is 6.82. The maximum atomic E-state index is 12.8. The molecule has 0 unspecified atom stereocenters. The molecule has 4 rings (SSSR count). The SMILES string of the molecule is Cn1c(SCC(=O)Nc2ccc(OC(F)(F)F)cc2)nc2sc3c(c2c1=O)CCC3. The van der Waals surface area contributed by atoms with Crippen LogP contribution in [0.1, 0.15) is 16.9 Å². The molecular weight excluding hydrogens is 439 g/mol. The van der Waals surface area contributed by atoms with Crippen molar-refractivity contribution < 1.29 is 22.7 Å². The van der Waals surface area contributed by atoms with E-state index in [0.29, 0.717) is 21.1 Å². The summed E-state index contributed by atoms with van der Waals surface area (Å²) in [5.41, 5.74) is 1.33. The van der Waals surface area contributed by atoms with Crippen molar-refractivity contribution in [1.29, 1.82) is 0 Å². The summed E-state index contributed by atoms with van der Waals surface area (Å²) in [5, 5.41) is 3.72. The first-order valence-corrected chi connectivity index (χ1v) is 10.8.